The van der Waals surface area contributed by atoms with E-state index in [1.165, 1.54) is 0 Å². The zero-order valence-electron chi connectivity index (χ0n) is 3.19. The molecule has 0 spiro atoms. The average Bonchev–Trinajstić information content (AvgIpc) is 1.00. The molecule has 0 aromatic carbocycles. The molecule has 29 heavy (non-hydrogen) atoms. The van der Waals surface area contributed by atoms with Gasteiger partial charge in [-0.05, 0) is 4.93 Å². The van der Waals surface area contributed by atoms with E-state index in [-0.39, 0.29) is 231 Å². The maximum absolute atomic E-state index is 2.15. The predicted octanol–water partition coefficient (Wildman–Crippen LogP) is 17.4. The molecule has 0 heterocycles. The van der Waals surface area contributed by atoms with Gasteiger partial charge in [-0.2, -0.15) is 0 Å². The molecule has 0 N–H and O–H groups in total. The van der Waals surface area contributed by atoms with Gasteiger partial charge in [0.2, 0.25) is 0 Å². The average molecular weight is 854 g/mol. The van der Waals surface area contributed by atoms with Crippen LogP contribution in [0.3, 0.4) is 0 Å². The number of rotatable bonds is 0. The Kier molecular flexibility index (Phi) is 547000. The van der Waals surface area contributed by atoms with Crippen molar-refractivity contribution < 1.29 is 21.1 Å². The standard InChI is InChI=1S/CH3I.24CH4.CH3.HI.W/c1-2;;;;;;;;;;;;;;;;;;;;;;;;;;;/h1H3;24*1H4;1H3;1H;/q;;;;;;;;;;;;;;;;;;;;;;;;;-1;;. The Bertz CT molecular complexity index is 16.7. The molecular weight excluding hydrogens is 750 g/mol. The van der Waals surface area contributed by atoms with E-state index in [1.54, 1.807) is 0 Å². The fraction of sp³-hybridized carbons (Fsp3) is 0.962. The van der Waals surface area contributed by atoms with Gasteiger partial charge in [-0.15, -0.1) is 24.0 Å². The molecule has 0 saturated heterocycles. The Morgan fingerprint density at radius 3 is 0.241 bits per heavy atom. The zero-order valence-corrected chi connectivity index (χ0v) is 10.6. The maximum atomic E-state index is 2.15. The fourth-order valence-corrected chi connectivity index (χ4v) is 0. The third-order valence-electron chi connectivity index (χ3n) is 0. The summed E-state index contributed by atoms with van der Waals surface area (Å²) in [5.41, 5.74) is 0. The van der Waals surface area contributed by atoms with Crippen LogP contribution in [0.15, 0.2) is 0 Å². The summed E-state index contributed by atoms with van der Waals surface area (Å²) in [5, 5.41) is 0. The summed E-state index contributed by atoms with van der Waals surface area (Å²) >= 11 is 2.15. The van der Waals surface area contributed by atoms with Crippen LogP contribution in [0, 0.1) is 7.43 Å². The Morgan fingerprint density at radius 1 is 0.241 bits per heavy atom. The van der Waals surface area contributed by atoms with Crippen LogP contribution in [0.1, 0.15) is 178 Å². The van der Waals surface area contributed by atoms with E-state index >= 15 is 0 Å². The van der Waals surface area contributed by atoms with Crippen molar-refractivity contribution in [3.8, 4) is 0 Å². The van der Waals surface area contributed by atoms with Crippen molar-refractivity contribution in [3.63, 3.8) is 0 Å². The van der Waals surface area contributed by atoms with E-state index in [9.17, 15) is 0 Å². The summed E-state index contributed by atoms with van der Waals surface area (Å²) in [6, 6.07) is 0. The maximum Gasteiger partial charge on any atom is 0 e. The molecule has 0 nitrogen and oxygen atoms in total. The van der Waals surface area contributed by atoms with Gasteiger partial charge in [0.1, 0.15) is 0 Å². The number of halogens is 2. The van der Waals surface area contributed by atoms with Crippen molar-refractivity contribution >= 4 is 46.6 Å². The molecule has 0 atom stereocenters. The van der Waals surface area contributed by atoms with Gasteiger partial charge in [0.15, 0.2) is 0 Å². The predicted molar refractivity (Wildman–Crippen MR) is 203 cm³/mol. The van der Waals surface area contributed by atoms with E-state index in [1.807, 2.05) is 4.93 Å². The van der Waals surface area contributed by atoms with Crippen molar-refractivity contribution in [2.75, 3.05) is 4.93 Å². The van der Waals surface area contributed by atoms with Crippen molar-refractivity contribution in [2.24, 2.45) is 0 Å². The van der Waals surface area contributed by atoms with Gasteiger partial charge in [0.05, 0.1) is 0 Å². The molecule has 0 aliphatic carbocycles. The largest absolute Gasteiger partial charge is 0.358 e. The summed E-state index contributed by atoms with van der Waals surface area (Å²) < 4.78 is 0. The SMILES string of the molecule is C.C.C.C.C.C.C.C.C.C.C.C.C.C.C.C.C.C.C.C.C.C.C.C.CI.I.[CH3-].[W]. The first kappa shape index (κ1) is 2860. The molecule has 0 aliphatic heterocycles. The van der Waals surface area contributed by atoms with Crippen molar-refractivity contribution in [1.29, 1.82) is 0 Å². The quantitative estimate of drug-likeness (QED) is 0.129. The van der Waals surface area contributed by atoms with Gasteiger partial charge in [-0.1, -0.05) is 201 Å². The topological polar surface area (TPSA) is 0 Å². The van der Waals surface area contributed by atoms with Crippen LogP contribution in [0.5, 0.6) is 0 Å². The summed E-state index contributed by atoms with van der Waals surface area (Å²) in [6.07, 6.45) is 0. The second kappa shape index (κ2) is 5550. The van der Waals surface area contributed by atoms with Crippen molar-refractivity contribution in [3.05, 3.63) is 7.43 Å². The monoisotopic (exact) mass is 854 g/mol. The number of alkyl halides is 1. The summed E-state index contributed by atoms with van der Waals surface area (Å²) in [4.78, 5) is 1.97. The third kappa shape index (κ3) is 5180. The Labute approximate surface area is 256 Å². The van der Waals surface area contributed by atoms with E-state index < -0.39 is 0 Å². The van der Waals surface area contributed by atoms with Crippen LogP contribution >= 0.6 is 46.6 Å². The fourth-order valence-electron chi connectivity index (χ4n) is 0. The van der Waals surface area contributed by atoms with E-state index in [0.29, 0.717) is 0 Å². The van der Waals surface area contributed by atoms with Gasteiger partial charge in [-0.3, -0.25) is 0 Å². The van der Waals surface area contributed by atoms with Crippen LogP contribution in [0.4, 0.5) is 0 Å². The molecule has 0 saturated carbocycles. The van der Waals surface area contributed by atoms with E-state index in [4.69, 9.17) is 0 Å². The first-order valence-electron chi connectivity index (χ1n) is 0.378. The van der Waals surface area contributed by atoms with Gasteiger partial charge < -0.3 is 7.43 Å². The van der Waals surface area contributed by atoms with Gasteiger partial charge in [0.25, 0.3) is 0 Å². The normalized spacial score (nSPS) is 0.207. The molecule has 0 aliphatic rings. The first-order valence-corrected chi connectivity index (χ1v) is 2.54. The van der Waals surface area contributed by atoms with E-state index in [0.717, 1.165) is 0 Å². The van der Waals surface area contributed by atoms with Crippen LogP contribution in [0.25, 0.3) is 0 Å². The molecular formula is C26H103I2W-. The minimum atomic E-state index is 0. The van der Waals surface area contributed by atoms with Crippen molar-refractivity contribution in [1.82, 2.24) is 0 Å². The molecule has 0 rings (SSSR count). The molecule has 0 aromatic rings. The third-order valence-corrected chi connectivity index (χ3v) is 0. The molecule has 0 aromatic heterocycles. The molecule has 0 amide bonds. The second-order valence-electron chi connectivity index (χ2n) is 0. The summed E-state index contributed by atoms with van der Waals surface area (Å²) in [7, 11) is 0. The number of hydrogen-bond acceptors (Lipinski definition) is 0. The van der Waals surface area contributed by atoms with Crippen LogP contribution in [-0.2, 0) is 21.1 Å². The van der Waals surface area contributed by atoms with Gasteiger partial charge >= 0.3 is 0 Å². The van der Waals surface area contributed by atoms with Crippen LogP contribution < -0.4 is 0 Å². The van der Waals surface area contributed by atoms with E-state index in [2.05, 4.69) is 22.6 Å². The van der Waals surface area contributed by atoms with Gasteiger partial charge in [-0.25, -0.2) is 0 Å². The molecule has 0 fully saturated rings. The minimum Gasteiger partial charge on any atom is -0.358 e. The summed E-state index contributed by atoms with van der Waals surface area (Å²) in [6.45, 7) is 0. The smallest absolute Gasteiger partial charge is 0 e. The van der Waals surface area contributed by atoms with Gasteiger partial charge in [0, 0.05) is 21.1 Å². The molecule has 228 valence electrons. The van der Waals surface area contributed by atoms with Crippen LogP contribution in [-0.4, -0.2) is 4.93 Å². The molecule has 0 unspecified atom stereocenters. The summed E-state index contributed by atoms with van der Waals surface area (Å²) in [5.74, 6) is 0. The van der Waals surface area contributed by atoms with Crippen molar-refractivity contribution in [2.45, 2.75) is 178 Å². The Hall–Kier alpha value is 2.15. The first-order chi connectivity index (χ1) is 1.00. The van der Waals surface area contributed by atoms with Crippen LogP contribution in [0.2, 0.25) is 0 Å². The minimum absolute atomic E-state index is 0. The molecule has 3 heteroatoms. The zero-order chi connectivity index (χ0) is 2.00. The Balaban J connectivity index is -0.0000000000142. The number of hydrogen-bond donors (Lipinski definition) is 0. The molecule has 0 bridgehead atoms. The molecule has 0 radical (unpaired) electrons. The second-order valence-corrected chi connectivity index (χ2v) is 0. The Morgan fingerprint density at radius 2 is 0.241 bits per heavy atom.